The number of aryl methyl sites for hydroxylation is 1. The van der Waals surface area contributed by atoms with Gasteiger partial charge in [-0.2, -0.15) is 0 Å². The minimum atomic E-state index is -0.822. The highest BCUT2D eigenvalue weighted by atomic mass is 16.6. The minimum absolute atomic E-state index is 0.193. The van der Waals surface area contributed by atoms with Crippen LogP contribution in [0.3, 0.4) is 0 Å². The molecule has 0 spiro atoms. The lowest BCUT2D eigenvalue weighted by molar-refractivity contribution is -0.143. The Bertz CT molecular complexity index is 830. The SMILES string of the molecule is CCCCNC(=O)C(c1cccc(C)c1C)N(CCC)C(=O)C(NC(=O)OC(C)(C)C)C(C)C. The van der Waals surface area contributed by atoms with E-state index >= 15 is 0 Å². The minimum Gasteiger partial charge on any atom is -0.444 e. The molecule has 2 atom stereocenters. The van der Waals surface area contributed by atoms with Gasteiger partial charge < -0.3 is 20.3 Å². The smallest absolute Gasteiger partial charge is 0.408 e. The molecule has 34 heavy (non-hydrogen) atoms. The summed E-state index contributed by atoms with van der Waals surface area (Å²) in [5.41, 5.74) is 2.15. The zero-order valence-electron chi connectivity index (χ0n) is 22.6. The third-order valence-corrected chi connectivity index (χ3v) is 5.68. The highest BCUT2D eigenvalue weighted by molar-refractivity contribution is 5.92. The number of nitrogens with one attached hydrogen (secondary N) is 2. The van der Waals surface area contributed by atoms with E-state index in [0.29, 0.717) is 19.5 Å². The van der Waals surface area contributed by atoms with Gasteiger partial charge in [-0.3, -0.25) is 9.59 Å². The molecule has 7 heteroatoms. The van der Waals surface area contributed by atoms with E-state index in [2.05, 4.69) is 17.6 Å². The second kappa shape index (κ2) is 13.4. The van der Waals surface area contributed by atoms with E-state index in [-0.39, 0.29) is 17.7 Å². The molecule has 0 aliphatic heterocycles. The molecule has 2 unspecified atom stereocenters. The first-order valence-corrected chi connectivity index (χ1v) is 12.5. The van der Waals surface area contributed by atoms with Crippen LogP contribution in [0.1, 0.15) is 90.5 Å². The molecule has 0 saturated heterocycles. The summed E-state index contributed by atoms with van der Waals surface area (Å²) in [6, 6.07) is 4.21. The number of carbonyl (C=O) groups is 3. The molecule has 0 aromatic heterocycles. The standard InChI is InChI=1S/C27H45N3O4/c1-10-12-16-28-24(31)23(21-15-13-14-19(5)20(21)6)30(17-11-2)25(32)22(18(3)4)29-26(33)34-27(7,8)9/h13-15,18,22-23H,10-12,16-17H2,1-9H3,(H,28,31)(H,29,33). The molecule has 0 fully saturated rings. The second-order valence-electron chi connectivity index (χ2n) is 10.2. The maximum atomic E-state index is 13.9. The molecule has 1 aromatic carbocycles. The fourth-order valence-electron chi connectivity index (χ4n) is 3.74. The first-order valence-electron chi connectivity index (χ1n) is 12.5. The summed E-state index contributed by atoms with van der Waals surface area (Å²) in [6.07, 6.45) is 1.85. The fraction of sp³-hybridized carbons (Fsp3) is 0.667. The molecule has 0 aliphatic carbocycles. The number of nitrogens with zero attached hydrogens (tertiary/aromatic N) is 1. The Labute approximate surface area is 206 Å². The maximum Gasteiger partial charge on any atom is 0.408 e. The molecule has 0 bridgehead atoms. The third kappa shape index (κ3) is 8.65. The summed E-state index contributed by atoms with van der Waals surface area (Å²) in [5.74, 6) is -0.690. The summed E-state index contributed by atoms with van der Waals surface area (Å²) >= 11 is 0. The Morgan fingerprint density at radius 2 is 1.71 bits per heavy atom. The average molecular weight is 476 g/mol. The predicted molar refractivity (Wildman–Crippen MR) is 137 cm³/mol. The van der Waals surface area contributed by atoms with Gasteiger partial charge in [0.2, 0.25) is 11.8 Å². The van der Waals surface area contributed by atoms with Gasteiger partial charge in [-0.05, 0) is 70.1 Å². The first-order chi connectivity index (χ1) is 15.8. The summed E-state index contributed by atoms with van der Waals surface area (Å²) in [4.78, 5) is 41.5. The molecule has 3 amide bonds. The molecule has 7 nitrogen and oxygen atoms in total. The van der Waals surface area contributed by atoms with E-state index in [9.17, 15) is 14.4 Å². The quantitative estimate of drug-likeness (QED) is 0.439. The topological polar surface area (TPSA) is 87.7 Å². The molecule has 1 aromatic rings. The van der Waals surface area contributed by atoms with Crippen LogP contribution in [0.2, 0.25) is 0 Å². The fourth-order valence-corrected chi connectivity index (χ4v) is 3.74. The summed E-state index contributed by atoms with van der Waals surface area (Å²) < 4.78 is 5.40. The van der Waals surface area contributed by atoms with Crippen LogP contribution >= 0.6 is 0 Å². The van der Waals surface area contributed by atoms with Crippen LogP contribution < -0.4 is 10.6 Å². The van der Waals surface area contributed by atoms with E-state index in [1.54, 1.807) is 25.7 Å². The van der Waals surface area contributed by atoms with Gasteiger partial charge in [0, 0.05) is 13.1 Å². The monoisotopic (exact) mass is 475 g/mol. The normalized spacial score (nSPS) is 13.2. The van der Waals surface area contributed by atoms with Gasteiger partial charge >= 0.3 is 6.09 Å². The first kappa shape index (κ1) is 29.5. The Kier molecular flexibility index (Phi) is 11.6. The molecule has 0 saturated carbocycles. The summed E-state index contributed by atoms with van der Waals surface area (Å²) in [7, 11) is 0. The number of alkyl carbamates (subject to hydrolysis) is 1. The zero-order chi connectivity index (χ0) is 26.1. The largest absolute Gasteiger partial charge is 0.444 e. The lowest BCUT2D eigenvalue weighted by Gasteiger charge is -2.36. The number of ether oxygens (including phenoxy) is 1. The van der Waals surface area contributed by atoms with Crippen LogP contribution in [-0.4, -0.2) is 47.5 Å². The van der Waals surface area contributed by atoms with Crippen LogP contribution in [0.25, 0.3) is 0 Å². The van der Waals surface area contributed by atoms with Crippen molar-refractivity contribution in [2.75, 3.05) is 13.1 Å². The lowest BCUT2D eigenvalue weighted by atomic mass is 9.94. The van der Waals surface area contributed by atoms with Crippen molar-refractivity contribution < 1.29 is 19.1 Å². The van der Waals surface area contributed by atoms with Crippen molar-refractivity contribution in [3.63, 3.8) is 0 Å². The molecule has 192 valence electrons. The van der Waals surface area contributed by atoms with Gasteiger partial charge in [0.1, 0.15) is 17.7 Å². The van der Waals surface area contributed by atoms with E-state index in [0.717, 1.165) is 29.5 Å². The number of hydrogen-bond acceptors (Lipinski definition) is 4. The van der Waals surface area contributed by atoms with Gasteiger partial charge in [0.25, 0.3) is 0 Å². The molecule has 1 rings (SSSR count). The Morgan fingerprint density at radius 1 is 1.06 bits per heavy atom. The average Bonchev–Trinajstić information content (AvgIpc) is 2.72. The van der Waals surface area contributed by atoms with Crippen LogP contribution in [0.15, 0.2) is 18.2 Å². The molecule has 0 radical (unpaired) electrons. The van der Waals surface area contributed by atoms with Crippen LogP contribution in [0.4, 0.5) is 4.79 Å². The Morgan fingerprint density at radius 3 is 2.24 bits per heavy atom. The third-order valence-electron chi connectivity index (χ3n) is 5.68. The number of unbranched alkanes of at least 4 members (excludes halogenated alkanes) is 1. The molecular formula is C27H45N3O4. The van der Waals surface area contributed by atoms with Gasteiger partial charge in [0.05, 0.1) is 0 Å². The van der Waals surface area contributed by atoms with Gasteiger partial charge in [-0.25, -0.2) is 4.79 Å². The molecule has 0 heterocycles. The highest BCUT2D eigenvalue weighted by Gasteiger charge is 2.37. The highest BCUT2D eigenvalue weighted by Crippen LogP contribution is 2.28. The van der Waals surface area contributed by atoms with Crippen molar-refractivity contribution in [2.45, 2.75) is 99.3 Å². The number of amides is 3. The molecule has 0 aliphatic rings. The van der Waals surface area contributed by atoms with Gasteiger partial charge in [-0.1, -0.05) is 52.3 Å². The number of rotatable bonds is 11. The lowest BCUT2D eigenvalue weighted by Crippen LogP contribution is -2.55. The van der Waals surface area contributed by atoms with Crippen LogP contribution in [0.5, 0.6) is 0 Å². The number of carbonyl (C=O) groups excluding carboxylic acids is 3. The van der Waals surface area contributed by atoms with E-state index in [4.69, 9.17) is 4.74 Å². The van der Waals surface area contributed by atoms with Crippen molar-refractivity contribution in [1.29, 1.82) is 0 Å². The van der Waals surface area contributed by atoms with Crippen LogP contribution in [0, 0.1) is 19.8 Å². The second-order valence-corrected chi connectivity index (χ2v) is 10.2. The summed E-state index contributed by atoms with van der Waals surface area (Å²) in [6.45, 7) is 18.0. The zero-order valence-corrected chi connectivity index (χ0v) is 22.6. The van der Waals surface area contributed by atoms with Crippen LogP contribution in [-0.2, 0) is 14.3 Å². The van der Waals surface area contributed by atoms with Crippen molar-refractivity contribution >= 4 is 17.9 Å². The van der Waals surface area contributed by atoms with Crippen molar-refractivity contribution in [2.24, 2.45) is 5.92 Å². The van der Waals surface area contributed by atoms with Crippen molar-refractivity contribution in [3.05, 3.63) is 34.9 Å². The summed E-state index contributed by atoms with van der Waals surface area (Å²) in [5, 5.41) is 5.77. The molecular weight excluding hydrogens is 430 g/mol. The Hall–Kier alpha value is -2.57. The number of benzene rings is 1. The van der Waals surface area contributed by atoms with Crippen molar-refractivity contribution in [1.82, 2.24) is 15.5 Å². The van der Waals surface area contributed by atoms with E-state index in [1.165, 1.54) is 0 Å². The molecule has 2 N–H and O–H groups in total. The van der Waals surface area contributed by atoms with Crippen molar-refractivity contribution in [3.8, 4) is 0 Å². The Balaban J connectivity index is 3.43. The van der Waals surface area contributed by atoms with E-state index < -0.39 is 23.8 Å². The predicted octanol–water partition coefficient (Wildman–Crippen LogP) is 5.05. The van der Waals surface area contributed by atoms with E-state index in [1.807, 2.05) is 52.8 Å². The van der Waals surface area contributed by atoms with Gasteiger partial charge in [0.15, 0.2) is 0 Å². The maximum absolute atomic E-state index is 13.9. The van der Waals surface area contributed by atoms with Gasteiger partial charge in [-0.15, -0.1) is 0 Å². The number of hydrogen-bond donors (Lipinski definition) is 2.